The van der Waals surface area contributed by atoms with Gasteiger partial charge in [-0.3, -0.25) is 9.69 Å². The van der Waals surface area contributed by atoms with Crippen LogP contribution in [0.4, 0.5) is 0 Å². The van der Waals surface area contributed by atoms with E-state index < -0.39 is 0 Å². The first-order valence-corrected chi connectivity index (χ1v) is 7.50. The molecule has 0 unspecified atom stereocenters. The second-order valence-electron chi connectivity index (χ2n) is 4.99. The van der Waals surface area contributed by atoms with Gasteiger partial charge in [-0.25, -0.2) is 0 Å². The summed E-state index contributed by atoms with van der Waals surface area (Å²) in [5.41, 5.74) is 0. The van der Waals surface area contributed by atoms with E-state index in [-0.39, 0.29) is 5.91 Å². The minimum atomic E-state index is 0.0910. The predicted octanol–water partition coefficient (Wildman–Crippen LogP) is 1.09. The Morgan fingerprint density at radius 3 is 2.86 bits per heavy atom. The van der Waals surface area contributed by atoms with Crippen molar-refractivity contribution < 1.29 is 14.3 Å². The van der Waals surface area contributed by atoms with Crippen LogP contribution in [0.25, 0.3) is 0 Å². The normalized spacial score (nSPS) is 15.6. The third kappa shape index (κ3) is 6.60. The van der Waals surface area contributed by atoms with Gasteiger partial charge in [0, 0.05) is 32.6 Å². The highest BCUT2D eigenvalue weighted by Crippen LogP contribution is 2.08. The molecule has 0 spiro atoms. The second kappa shape index (κ2) is 9.37. The molecule has 0 bridgehead atoms. The third-order valence-electron chi connectivity index (χ3n) is 3.36. The molecule has 5 heteroatoms. The first-order chi connectivity index (χ1) is 10.3. The van der Waals surface area contributed by atoms with Crippen molar-refractivity contribution in [3.63, 3.8) is 0 Å². The van der Waals surface area contributed by atoms with E-state index in [1.165, 1.54) is 0 Å². The fourth-order valence-electron chi connectivity index (χ4n) is 2.16. The Morgan fingerprint density at radius 1 is 1.33 bits per heavy atom. The first kappa shape index (κ1) is 15.8. The van der Waals surface area contributed by atoms with E-state index in [0.717, 1.165) is 45.0 Å². The summed E-state index contributed by atoms with van der Waals surface area (Å²) in [5.74, 6) is 0.912. The molecule has 1 N–H and O–H groups in total. The zero-order chi connectivity index (χ0) is 14.8. The van der Waals surface area contributed by atoms with Crippen molar-refractivity contribution in [2.24, 2.45) is 0 Å². The lowest BCUT2D eigenvalue weighted by Gasteiger charge is -2.26. The maximum absolute atomic E-state index is 11.7. The van der Waals surface area contributed by atoms with E-state index in [2.05, 4.69) is 16.3 Å². The van der Waals surface area contributed by atoms with Gasteiger partial charge in [0.1, 0.15) is 5.75 Å². The van der Waals surface area contributed by atoms with Crippen LogP contribution < -0.4 is 10.1 Å². The number of morpholine rings is 1. The number of hydrogen-bond donors (Lipinski definition) is 1. The number of nitrogens with zero attached hydrogens (tertiary/aromatic N) is 1. The van der Waals surface area contributed by atoms with Gasteiger partial charge in [0.15, 0.2) is 0 Å². The summed E-state index contributed by atoms with van der Waals surface area (Å²) in [7, 11) is 0. The van der Waals surface area contributed by atoms with Crippen molar-refractivity contribution in [2.75, 3.05) is 46.0 Å². The van der Waals surface area contributed by atoms with Gasteiger partial charge >= 0.3 is 0 Å². The molecule has 0 atom stereocenters. The number of carbonyl (C=O) groups is 1. The quantitative estimate of drug-likeness (QED) is 0.729. The van der Waals surface area contributed by atoms with E-state index in [1.54, 1.807) is 0 Å². The van der Waals surface area contributed by atoms with Crippen LogP contribution in [0.2, 0.25) is 0 Å². The lowest BCUT2D eigenvalue weighted by molar-refractivity contribution is -0.121. The molecule has 0 saturated carbocycles. The molecule has 115 valence electrons. The molecule has 1 aliphatic heterocycles. The Labute approximate surface area is 126 Å². The zero-order valence-corrected chi connectivity index (χ0v) is 12.3. The summed E-state index contributed by atoms with van der Waals surface area (Å²) in [5, 5.41) is 2.95. The highest BCUT2D eigenvalue weighted by Gasteiger charge is 2.09. The summed E-state index contributed by atoms with van der Waals surface area (Å²) < 4.78 is 10.8. The van der Waals surface area contributed by atoms with Crippen LogP contribution in [0.3, 0.4) is 0 Å². The number of nitrogens with one attached hydrogen (secondary N) is 1. The van der Waals surface area contributed by atoms with E-state index >= 15 is 0 Å². The predicted molar refractivity (Wildman–Crippen MR) is 80.3 cm³/mol. The van der Waals surface area contributed by atoms with Gasteiger partial charge in [0.05, 0.1) is 19.8 Å². The Kier molecular flexibility index (Phi) is 7.04. The van der Waals surface area contributed by atoms with Crippen LogP contribution in [0.5, 0.6) is 5.75 Å². The number of rotatable bonds is 8. The number of benzene rings is 1. The molecule has 5 nitrogen and oxygen atoms in total. The molecule has 1 aromatic carbocycles. The average Bonchev–Trinajstić information content (AvgIpc) is 2.54. The van der Waals surface area contributed by atoms with Gasteiger partial charge in [-0.05, 0) is 24.6 Å². The molecule has 1 fully saturated rings. The Balaban J connectivity index is 1.47. The van der Waals surface area contributed by atoms with Gasteiger partial charge in [0.2, 0.25) is 5.91 Å². The molecule has 1 heterocycles. The summed E-state index contributed by atoms with van der Waals surface area (Å²) in [4.78, 5) is 14.0. The van der Waals surface area contributed by atoms with Crippen molar-refractivity contribution in [1.29, 1.82) is 0 Å². The molecule has 2 rings (SSSR count). The lowest BCUT2D eigenvalue weighted by Crippen LogP contribution is -2.41. The van der Waals surface area contributed by atoms with Crippen molar-refractivity contribution >= 4 is 5.91 Å². The maximum atomic E-state index is 11.7. The molecule has 1 saturated heterocycles. The van der Waals surface area contributed by atoms with Crippen molar-refractivity contribution in [1.82, 2.24) is 10.2 Å². The number of carbonyl (C=O) groups excluding carboxylic acids is 1. The summed E-state index contributed by atoms with van der Waals surface area (Å²) in [6.45, 7) is 5.66. The van der Waals surface area contributed by atoms with Crippen LogP contribution in [0, 0.1) is 6.07 Å². The van der Waals surface area contributed by atoms with Crippen molar-refractivity contribution in [3.8, 4) is 5.75 Å². The minimum absolute atomic E-state index is 0.0910. The highest BCUT2D eigenvalue weighted by atomic mass is 16.5. The fraction of sp³-hybridized carbons (Fsp3) is 0.562. The largest absolute Gasteiger partial charge is 0.494 e. The van der Waals surface area contributed by atoms with Crippen molar-refractivity contribution in [3.05, 3.63) is 30.3 Å². The molecule has 21 heavy (non-hydrogen) atoms. The number of ether oxygens (including phenoxy) is 2. The number of amides is 1. The summed E-state index contributed by atoms with van der Waals surface area (Å²) >= 11 is 0. The van der Waals surface area contributed by atoms with Gasteiger partial charge < -0.3 is 14.8 Å². The van der Waals surface area contributed by atoms with Gasteiger partial charge in [0.25, 0.3) is 0 Å². The van der Waals surface area contributed by atoms with Gasteiger partial charge in [-0.1, -0.05) is 12.1 Å². The van der Waals surface area contributed by atoms with Gasteiger partial charge in [-0.2, -0.15) is 0 Å². The van der Waals surface area contributed by atoms with E-state index in [1.807, 2.05) is 24.3 Å². The fourth-order valence-corrected chi connectivity index (χ4v) is 2.16. The Bertz CT molecular complexity index is 405. The summed E-state index contributed by atoms with van der Waals surface area (Å²) in [6.07, 6.45) is 1.23. The second-order valence-corrected chi connectivity index (χ2v) is 4.99. The molecule has 1 aromatic rings. The standard InChI is InChI=1S/C16H23N2O3/c19-16(17-8-9-18-10-13-20-14-11-18)7-4-12-21-15-5-2-1-3-6-15/h2-3,5-6H,4,7-14H2,(H,17,19). The van der Waals surface area contributed by atoms with Crippen LogP contribution in [-0.2, 0) is 9.53 Å². The van der Waals surface area contributed by atoms with Crippen LogP contribution in [-0.4, -0.2) is 56.8 Å². The topological polar surface area (TPSA) is 50.8 Å². The molecular formula is C16H23N2O3. The highest BCUT2D eigenvalue weighted by molar-refractivity contribution is 5.75. The Hall–Kier alpha value is -1.59. The minimum Gasteiger partial charge on any atom is -0.494 e. The van der Waals surface area contributed by atoms with E-state index in [0.29, 0.717) is 19.6 Å². The number of hydrogen-bond acceptors (Lipinski definition) is 4. The van der Waals surface area contributed by atoms with E-state index in [4.69, 9.17) is 9.47 Å². The lowest BCUT2D eigenvalue weighted by atomic mass is 10.3. The zero-order valence-electron chi connectivity index (χ0n) is 12.3. The van der Waals surface area contributed by atoms with Gasteiger partial charge in [-0.15, -0.1) is 0 Å². The molecule has 1 aliphatic rings. The van der Waals surface area contributed by atoms with E-state index in [9.17, 15) is 4.79 Å². The van der Waals surface area contributed by atoms with Crippen LogP contribution in [0.15, 0.2) is 24.3 Å². The maximum Gasteiger partial charge on any atom is 0.220 e. The summed E-state index contributed by atoms with van der Waals surface area (Å²) in [6, 6.07) is 10.3. The SMILES string of the molecule is O=C(CCCOc1cc[c]cc1)NCCN1CCOCC1. The monoisotopic (exact) mass is 291 g/mol. The van der Waals surface area contributed by atoms with Crippen LogP contribution >= 0.6 is 0 Å². The molecule has 1 radical (unpaired) electrons. The first-order valence-electron chi connectivity index (χ1n) is 7.50. The third-order valence-corrected chi connectivity index (χ3v) is 3.36. The smallest absolute Gasteiger partial charge is 0.220 e. The molecule has 0 aromatic heterocycles. The van der Waals surface area contributed by atoms with Crippen LogP contribution in [0.1, 0.15) is 12.8 Å². The van der Waals surface area contributed by atoms with Crippen molar-refractivity contribution in [2.45, 2.75) is 12.8 Å². The molecule has 0 aliphatic carbocycles. The average molecular weight is 291 g/mol. The molecule has 1 amide bonds. The molecular weight excluding hydrogens is 268 g/mol. The Morgan fingerprint density at radius 2 is 2.10 bits per heavy atom.